The molecule has 0 aliphatic heterocycles. The zero-order valence-corrected chi connectivity index (χ0v) is 12.7. The van der Waals surface area contributed by atoms with Gasteiger partial charge in [-0.3, -0.25) is 0 Å². The maximum Gasteiger partial charge on any atom is 0.134 e. The van der Waals surface area contributed by atoms with Crippen molar-refractivity contribution in [2.45, 2.75) is 53.5 Å². The van der Waals surface area contributed by atoms with E-state index in [4.69, 9.17) is 0 Å². The van der Waals surface area contributed by atoms with Gasteiger partial charge in [0, 0.05) is 18.2 Å². The van der Waals surface area contributed by atoms with E-state index in [1.54, 1.807) is 6.33 Å². The van der Waals surface area contributed by atoms with Crippen LogP contribution in [-0.4, -0.2) is 22.6 Å². The topological polar surface area (TPSA) is 49.8 Å². The molecule has 0 aromatic carbocycles. The molecule has 0 radical (unpaired) electrons. The van der Waals surface area contributed by atoms with Crippen LogP contribution in [0.2, 0.25) is 0 Å². The first-order valence-electron chi connectivity index (χ1n) is 6.42. The Morgan fingerprint density at radius 1 is 1.06 bits per heavy atom. The Morgan fingerprint density at radius 2 is 1.61 bits per heavy atom. The molecule has 0 aliphatic rings. The van der Waals surface area contributed by atoms with E-state index in [0.717, 1.165) is 23.6 Å². The van der Waals surface area contributed by atoms with Crippen molar-refractivity contribution >= 4 is 11.6 Å². The predicted octanol–water partition coefficient (Wildman–Crippen LogP) is 3.45. The highest BCUT2D eigenvalue weighted by Crippen LogP contribution is 2.30. The van der Waals surface area contributed by atoms with Gasteiger partial charge in [-0.15, -0.1) is 0 Å². The maximum atomic E-state index is 4.34. The van der Waals surface area contributed by atoms with Gasteiger partial charge in [-0.1, -0.05) is 20.8 Å². The summed E-state index contributed by atoms with van der Waals surface area (Å²) in [6.45, 7) is 13.2. The third-order valence-corrected chi connectivity index (χ3v) is 2.75. The Hall–Kier alpha value is -1.32. The molecule has 1 aromatic rings. The van der Waals surface area contributed by atoms with E-state index in [9.17, 15) is 0 Å². The van der Waals surface area contributed by atoms with E-state index in [0.29, 0.717) is 0 Å². The summed E-state index contributed by atoms with van der Waals surface area (Å²) in [6.07, 6.45) is 2.66. The van der Waals surface area contributed by atoms with Crippen LogP contribution in [-0.2, 0) is 0 Å². The lowest BCUT2D eigenvalue weighted by atomic mass is 9.82. The highest BCUT2D eigenvalue weighted by atomic mass is 15.1. The van der Waals surface area contributed by atoms with Crippen LogP contribution >= 0.6 is 0 Å². The molecule has 102 valence electrons. The number of rotatable bonds is 4. The molecular weight excluding hydrogens is 224 g/mol. The molecule has 4 nitrogen and oxygen atoms in total. The van der Waals surface area contributed by atoms with Gasteiger partial charge in [-0.2, -0.15) is 0 Å². The summed E-state index contributed by atoms with van der Waals surface area (Å²) in [5.74, 6) is 1.78. The molecule has 0 spiro atoms. The van der Waals surface area contributed by atoms with E-state index in [1.807, 2.05) is 14.0 Å². The monoisotopic (exact) mass is 250 g/mol. The van der Waals surface area contributed by atoms with Gasteiger partial charge in [0.2, 0.25) is 0 Å². The molecule has 4 heteroatoms. The van der Waals surface area contributed by atoms with Crippen molar-refractivity contribution in [3.63, 3.8) is 0 Å². The normalized spacial score (nSPS) is 12.4. The standard InChI is InChI=1S/C14H26N4/c1-10-11(15-7)16-9-17-12(10)18-14(5,6)8-13(2,3)4/h9H,8H2,1-7H3,(H2,15,16,17,18). The smallest absolute Gasteiger partial charge is 0.134 e. The Kier molecular flexibility index (Phi) is 4.20. The van der Waals surface area contributed by atoms with Crippen LogP contribution in [0, 0.1) is 12.3 Å². The number of nitrogens with zero attached hydrogens (tertiary/aromatic N) is 2. The molecule has 0 saturated carbocycles. The van der Waals surface area contributed by atoms with Gasteiger partial charge in [0.1, 0.15) is 18.0 Å². The van der Waals surface area contributed by atoms with Gasteiger partial charge in [-0.25, -0.2) is 9.97 Å². The molecule has 0 unspecified atom stereocenters. The summed E-state index contributed by atoms with van der Waals surface area (Å²) in [5, 5.41) is 6.61. The quantitative estimate of drug-likeness (QED) is 0.859. The van der Waals surface area contributed by atoms with Crippen molar-refractivity contribution in [1.82, 2.24) is 9.97 Å². The minimum atomic E-state index is 0.00236. The summed E-state index contributed by atoms with van der Waals surface area (Å²) in [5.41, 5.74) is 1.34. The molecule has 1 rings (SSSR count). The first-order valence-corrected chi connectivity index (χ1v) is 6.42. The molecule has 0 saturated heterocycles. The Bertz CT molecular complexity index is 405. The van der Waals surface area contributed by atoms with Crippen LogP contribution < -0.4 is 10.6 Å². The first kappa shape index (κ1) is 14.7. The minimum absolute atomic E-state index is 0.00236. The van der Waals surface area contributed by atoms with Crippen LogP contribution in [0.1, 0.15) is 46.6 Å². The van der Waals surface area contributed by atoms with Crippen molar-refractivity contribution in [3.05, 3.63) is 11.9 Å². The average Bonchev–Trinajstić information content (AvgIpc) is 2.17. The van der Waals surface area contributed by atoms with Gasteiger partial charge in [0.25, 0.3) is 0 Å². The van der Waals surface area contributed by atoms with Crippen LogP contribution in [0.15, 0.2) is 6.33 Å². The second kappa shape index (κ2) is 5.12. The molecule has 0 aliphatic carbocycles. The van der Waals surface area contributed by atoms with Gasteiger partial charge in [0.05, 0.1) is 0 Å². The molecule has 1 heterocycles. The first-order chi connectivity index (χ1) is 8.14. The van der Waals surface area contributed by atoms with E-state index in [2.05, 4.69) is 55.2 Å². The summed E-state index contributed by atoms with van der Waals surface area (Å²) >= 11 is 0. The Labute approximate surface area is 111 Å². The third kappa shape index (κ3) is 4.17. The summed E-state index contributed by atoms with van der Waals surface area (Å²) in [7, 11) is 1.87. The third-order valence-electron chi connectivity index (χ3n) is 2.75. The van der Waals surface area contributed by atoms with E-state index in [-0.39, 0.29) is 11.0 Å². The van der Waals surface area contributed by atoms with Gasteiger partial charge < -0.3 is 10.6 Å². The zero-order valence-electron chi connectivity index (χ0n) is 12.7. The average molecular weight is 250 g/mol. The highest BCUT2D eigenvalue weighted by Gasteiger charge is 2.26. The van der Waals surface area contributed by atoms with Crippen LogP contribution in [0.3, 0.4) is 0 Å². The Morgan fingerprint density at radius 3 is 2.11 bits per heavy atom. The molecule has 0 atom stereocenters. The highest BCUT2D eigenvalue weighted by molar-refractivity contribution is 5.56. The summed E-state index contributed by atoms with van der Waals surface area (Å²) in [6, 6.07) is 0. The number of nitrogens with one attached hydrogen (secondary N) is 2. The fourth-order valence-corrected chi connectivity index (χ4v) is 2.52. The lowest BCUT2D eigenvalue weighted by Gasteiger charge is -2.34. The summed E-state index contributed by atoms with van der Waals surface area (Å²) in [4.78, 5) is 8.54. The van der Waals surface area contributed by atoms with Crippen molar-refractivity contribution in [2.75, 3.05) is 17.7 Å². The molecule has 0 amide bonds. The maximum absolute atomic E-state index is 4.34. The number of hydrogen-bond acceptors (Lipinski definition) is 4. The van der Waals surface area contributed by atoms with Crippen LogP contribution in [0.5, 0.6) is 0 Å². The second-order valence-corrected chi connectivity index (χ2v) is 6.69. The Balaban J connectivity index is 2.90. The van der Waals surface area contributed by atoms with Crippen LogP contribution in [0.4, 0.5) is 11.6 Å². The van der Waals surface area contributed by atoms with E-state index >= 15 is 0 Å². The molecule has 0 bridgehead atoms. The lowest BCUT2D eigenvalue weighted by Crippen LogP contribution is -2.36. The molecule has 1 aromatic heterocycles. The number of aromatic nitrogens is 2. The fourth-order valence-electron chi connectivity index (χ4n) is 2.52. The van der Waals surface area contributed by atoms with Crippen molar-refractivity contribution < 1.29 is 0 Å². The van der Waals surface area contributed by atoms with Gasteiger partial charge in [-0.05, 0) is 32.6 Å². The van der Waals surface area contributed by atoms with Gasteiger partial charge >= 0.3 is 0 Å². The summed E-state index contributed by atoms with van der Waals surface area (Å²) < 4.78 is 0. The molecule has 18 heavy (non-hydrogen) atoms. The van der Waals surface area contributed by atoms with E-state index < -0.39 is 0 Å². The van der Waals surface area contributed by atoms with Crippen molar-refractivity contribution in [1.29, 1.82) is 0 Å². The number of hydrogen-bond donors (Lipinski definition) is 2. The largest absolute Gasteiger partial charge is 0.373 e. The SMILES string of the molecule is CNc1ncnc(NC(C)(C)CC(C)(C)C)c1C. The zero-order chi connectivity index (χ0) is 14.0. The van der Waals surface area contributed by atoms with Crippen molar-refractivity contribution in [3.8, 4) is 0 Å². The predicted molar refractivity (Wildman–Crippen MR) is 78.1 cm³/mol. The molecule has 2 N–H and O–H groups in total. The minimum Gasteiger partial charge on any atom is -0.373 e. The van der Waals surface area contributed by atoms with Gasteiger partial charge in [0.15, 0.2) is 0 Å². The lowest BCUT2D eigenvalue weighted by molar-refractivity contribution is 0.302. The molecular formula is C14H26N4. The van der Waals surface area contributed by atoms with E-state index in [1.165, 1.54) is 0 Å². The second-order valence-electron chi connectivity index (χ2n) is 6.69. The molecule has 0 fully saturated rings. The van der Waals surface area contributed by atoms with Crippen molar-refractivity contribution in [2.24, 2.45) is 5.41 Å². The van der Waals surface area contributed by atoms with Crippen LogP contribution in [0.25, 0.3) is 0 Å². The number of anilines is 2. The fraction of sp³-hybridized carbons (Fsp3) is 0.714.